The van der Waals surface area contributed by atoms with Crippen LogP contribution < -0.4 is 5.32 Å². The molecule has 1 aromatic heterocycles. The molecule has 1 heterocycles. The molecule has 3 aromatic rings. The molecular weight excluding hydrogens is 276 g/mol. The first-order valence-corrected chi connectivity index (χ1v) is 8.01. The van der Waals surface area contributed by atoms with Crippen LogP contribution in [-0.4, -0.2) is 11.5 Å². The van der Waals surface area contributed by atoms with Crippen LogP contribution in [0.15, 0.2) is 70.6 Å². The van der Waals surface area contributed by atoms with Gasteiger partial charge in [-0.2, -0.15) is 0 Å². The maximum Gasteiger partial charge on any atom is 0.106 e. The number of fused-ring (bicyclic) bond motifs is 1. The number of hydrogen-bond acceptors (Lipinski definition) is 3. The minimum Gasteiger partial charge on any atom is -0.313 e. The van der Waals surface area contributed by atoms with E-state index in [-0.39, 0.29) is 0 Å². The standard InChI is InChI=1S/C18H18N2S/c1-2-19-13-15-12-14-8-6-7-11-17(14)20-18(15)21-16-9-4-3-5-10-16/h3-12,19H,2,13H2,1H3. The normalized spacial score (nSPS) is 10.9. The van der Waals surface area contributed by atoms with Crippen LogP contribution in [0.4, 0.5) is 0 Å². The Morgan fingerprint density at radius 3 is 2.57 bits per heavy atom. The zero-order chi connectivity index (χ0) is 14.5. The van der Waals surface area contributed by atoms with E-state index in [4.69, 9.17) is 4.98 Å². The molecule has 0 saturated carbocycles. The second-order valence-electron chi connectivity index (χ2n) is 4.84. The van der Waals surface area contributed by atoms with E-state index in [1.807, 2.05) is 12.1 Å². The Morgan fingerprint density at radius 2 is 1.76 bits per heavy atom. The number of nitrogens with zero attached hydrogens (tertiary/aromatic N) is 1. The number of rotatable bonds is 5. The quantitative estimate of drug-likeness (QED) is 0.750. The first kappa shape index (κ1) is 14.1. The summed E-state index contributed by atoms with van der Waals surface area (Å²) in [5, 5.41) is 5.68. The molecule has 0 amide bonds. The van der Waals surface area contributed by atoms with Gasteiger partial charge >= 0.3 is 0 Å². The Hall–Kier alpha value is -1.84. The van der Waals surface area contributed by atoms with E-state index in [1.54, 1.807) is 11.8 Å². The summed E-state index contributed by atoms with van der Waals surface area (Å²) in [6.07, 6.45) is 0. The van der Waals surface area contributed by atoms with Gasteiger partial charge < -0.3 is 5.32 Å². The van der Waals surface area contributed by atoms with Crippen molar-refractivity contribution in [3.8, 4) is 0 Å². The number of pyridine rings is 1. The molecule has 0 aliphatic rings. The van der Waals surface area contributed by atoms with Gasteiger partial charge in [-0.15, -0.1) is 0 Å². The average Bonchev–Trinajstić information content (AvgIpc) is 2.54. The van der Waals surface area contributed by atoms with Gasteiger partial charge in [0.25, 0.3) is 0 Å². The molecule has 0 saturated heterocycles. The molecule has 0 atom stereocenters. The van der Waals surface area contributed by atoms with Crippen LogP contribution in [0.25, 0.3) is 10.9 Å². The highest BCUT2D eigenvalue weighted by Crippen LogP contribution is 2.30. The number of para-hydroxylation sites is 1. The van der Waals surface area contributed by atoms with Crippen molar-refractivity contribution in [3.05, 3.63) is 66.2 Å². The molecule has 1 N–H and O–H groups in total. The Bertz CT molecular complexity index is 726. The molecule has 2 aromatic carbocycles. The van der Waals surface area contributed by atoms with Crippen LogP contribution in [0, 0.1) is 0 Å². The van der Waals surface area contributed by atoms with Crippen LogP contribution in [-0.2, 0) is 6.54 Å². The Balaban J connectivity index is 2.01. The van der Waals surface area contributed by atoms with E-state index >= 15 is 0 Å². The highest BCUT2D eigenvalue weighted by molar-refractivity contribution is 7.99. The molecule has 0 unspecified atom stereocenters. The highest BCUT2D eigenvalue weighted by atomic mass is 32.2. The van der Waals surface area contributed by atoms with Gasteiger partial charge in [0, 0.05) is 16.8 Å². The van der Waals surface area contributed by atoms with Crippen LogP contribution in [0.5, 0.6) is 0 Å². The van der Waals surface area contributed by atoms with Gasteiger partial charge in [-0.25, -0.2) is 4.98 Å². The second kappa shape index (κ2) is 6.74. The van der Waals surface area contributed by atoms with Gasteiger partial charge in [0.1, 0.15) is 5.03 Å². The first-order chi connectivity index (χ1) is 10.4. The lowest BCUT2D eigenvalue weighted by Crippen LogP contribution is -2.13. The summed E-state index contributed by atoms with van der Waals surface area (Å²) in [6.45, 7) is 3.93. The fourth-order valence-electron chi connectivity index (χ4n) is 2.22. The van der Waals surface area contributed by atoms with Gasteiger partial charge in [0.05, 0.1) is 5.52 Å². The summed E-state index contributed by atoms with van der Waals surface area (Å²) in [5.74, 6) is 0. The SMILES string of the molecule is CCNCc1cc2ccccc2nc1Sc1ccccc1. The smallest absolute Gasteiger partial charge is 0.106 e. The lowest BCUT2D eigenvalue weighted by molar-refractivity contribution is 0.713. The molecule has 0 aliphatic carbocycles. The third kappa shape index (κ3) is 3.43. The molecule has 0 radical (unpaired) electrons. The van der Waals surface area contributed by atoms with Crippen molar-refractivity contribution >= 4 is 22.7 Å². The van der Waals surface area contributed by atoms with Crippen molar-refractivity contribution in [1.29, 1.82) is 0 Å². The average molecular weight is 294 g/mol. The summed E-state index contributed by atoms with van der Waals surface area (Å²) in [7, 11) is 0. The van der Waals surface area contributed by atoms with Gasteiger partial charge in [0.15, 0.2) is 0 Å². The number of benzene rings is 2. The molecule has 2 nitrogen and oxygen atoms in total. The monoisotopic (exact) mass is 294 g/mol. The lowest BCUT2D eigenvalue weighted by Gasteiger charge is -2.11. The van der Waals surface area contributed by atoms with Gasteiger partial charge in [-0.3, -0.25) is 0 Å². The molecule has 0 bridgehead atoms. The molecule has 0 spiro atoms. The number of hydrogen-bond donors (Lipinski definition) is 1. The third-order valence-electron chi connectivity index (χ3n) is 3.29. The van der Waals surface area contributed by atoms with E-state index in [0.717, 1.165) is 23.6 Å². The number of aromatic nitrogens is 1. The fourth-order valence-corrected chi connectivity index (χ4v) is 3.14. The maximum atomic E-state index is 4.85. The van der Waals surface area contributed by atoms with Crippen molar-refractivity contribution in [3.63, 3.8) is 0 Å². The van der Waals surface area contributed by atoms with Gasteiger partial charge in [-0.1, -0.05) is 55.1 Å². The zero-order valence-corrected chi connectivity index (χ0v) is 12.9. The predicted molar refractivity (Wildman–Crippen MR) is 89.7 cm³/mol. The van der Waals surface area contributed by atoms with Gasteiger partial charge in [0.2, 0.25) is 0 Å². The molecule has 21 heavy (non-hydrogen) atoms. The summed E-state index contributed by atoms with van der Waals surface area (Å²) in [4.78, 5) is 6.07. The van der Waals surface area contributed by atoms with Crippen LogP contribution in [0.1, 0.15) is 12.5 Å². The zero-order valence-electron chi connectivity index (χ0n) is 12.0. The van der Waals surface area contributed by atoms with Crippen molar-refractivity contribution in [2.24, 2.45) is 0 Å². The lowest BCUT2D eigenvalue weighted by atomic mass is 10.1. The van der Waals surface area contributed by atoms with Crippen molar-refractivity contribution in [2.75, 3.05) is 6.54 Å². The molecule has 106 valence electrons. The first-order valence-electron chi connectivity index (χ1n) is 7.19. The van der Waals surface area contributed by atoms with Crippen LogP contribution in [0.3, 0.4) is 0 Å². The van der Waals surface area contributed by atoms with E-state index in [2.05, 4.69) is 60.8 Å². The maximum absolute atomic E-state index is 4.85. The van der Waals surface area contributed by atoms with Crippen LogP contribution in [0.2, 0.25) is 0 Å². The van der Waals surface area contributed by atoms with Gasteiger partial charge in [-0.05, 0) is 36.4 Å². The van der Waals surface area contributed by atoms with E-state index in [9.17, 15) is 0 Å². The van der Waals surface area contributed by atoms with Crippen LogP contribution >= 0.6 is 11.8 Å². The summed E-state index contributed by atoms with van der Waals surface area (Å²) >= 11 is 1.73. The second-order valence-corrected chi connectivity index (χ2v) is 5.90. The molecule has 0 aliphatic heterocycles. The minimum absolute atomic E-state index is 0.851. The van der Waals surface area contributed by atoms with E-state index in [1.165, 1.54) is 15.8 Å². The molecule has 3 heteroatoms. The largest absolute Gasteiger partial charge is 0.313 e. The summed E-state index contributed by atoms with van der Waals surface area (Å²) < 4.78 is 0. The number of nitrogens with one attached hydrogen (secondary N) is 1. The molecule has 0 fully saturated rings. The third-order valence-corrected chi connectivity index (χ3v) is 4.34. The molecule has 3 rings (SSSR count). The fraction of sp³-hybridized carbons (Fsp3) is 0.167. The van der Waals surface area contributed by atoms with Crippen molar-refractivity contribution in [1.82, 2.24) is 10.3 Å². The van der Waals surface area contributed by atoms with Crippen molar-refractivity contribution in [2.45, 2.75) is 23.4 Å². The molecular formula is C18H18N2S. The summed E-state index contributed by atoms with van der Waals surface area (Å²) in [6, 6.07) is 20.9. The topological polar surface area (TPSA) is 24.9 Å². The predicted octanol–water partition coefficient (Wildman–Crippen LogP) is 4.50. The van der Waals surface area contributed by atoms with E-state index < -0.39 is 0 Å². The minimum atomic E-state index is 0.851. The Labute approximate surface area is 129 Å². The van der Waals surface area contributed by atoms with Crippen molar-refractivity contribution < 1.29 is 0 Å². The Morgan fingerprint density at radius 1 is 1.00 bits per heavy atom. The Kier molecular flexibility index (Phi) is 4.53. The highest BCUT2D eigenvalue weighted by Gasteiger charge is 2.08. The van der Waals surface area contributed by atoms with E-state index in [0.29, 0.717) is 0 Å². The summed E-state index contributed by atoms with van der Waals surface area (Å²) in [5.41, 5.74) is 2.31.